The molecule has 1 aromatic carbocycles. The summed E-state index contributed by atoms with van der Waals surface area (Å²) in [6, 6.07) is 6.77. The molecule has 0 radical (unpaired) electrons. The van der Waals surface area contributed by atoms with Crippen LogP contribution in [0.1, 0.15) is 28.8 Å². The van der Waals surface area contributed by atoms with Crippen molar-refractivity contribution in [1.29, 1.82) is 0 Å². The highest BCUT2D eigenvalue weighted by Crippen LogP contribution is 2.18. The van der Waals surface area contributed by atoms with Crippen molar-refractivity contribution in [2.24, 2.45) is 0 Å². The molecule has 1 fully saturated rings. The van der Waals surface area contributed by atoms with Gasteiger partial charge in [0.25, 0.3) is 0 Å². The van der Waals surface area contributed by atoms with Crippen molar-refractivity contribution in [3.8, 4) is 0 Å². The van der Waals surface area contributed by atoms with E-state index in [-0.39, 0.29) is 11.7 Å². The second-order valence-corrected chi connectivity index (χ2v) is 5.58. The Balaban J connectivity index is 1.89. The number of hydrogen-bond acceptors (Lipinski definition) is 5. The van der Waals surface area contributed by atoms with E-state index in [4.69, 9.17) is 20.8 Å². The Kier molecular flexibility index (Phi) is 4.45. The monoisotopic (exact) mass is 321 g/mol. The molecule has 6 heteroatoms. The lowest BCUT2D eigenvalue weighted by Crippen LogP contribution is -2.34. The van der Waals surface area contributed by atoms with Gasteiger partial charge in [-0.1, -0.05) is 6.07 Å². The molecule has 1 aliphatic rings. The van der Waals surface area contributed by atoms with E-state index in [9.17, 15) is 9.59 Å². The smallest absolute Gasteiger partial charge is 0.351 e. The minimum absolute atomic E-state index is 0.0715. The van der Waals surface area contributed by atoms with Gasteiger partial charge in [0.05, 0.1) is 0 Å². The normalized spacial score (nSPS) is 15.9. The molecule has 0 bridgehead atoms. The Bertz CT molecular complexity index is 749. The van der Waals surface area contributed by atoms with Crippen LogP contribution >= 0.6 is 11.6 Å². The Morgan fingerprint density at radius 1 is 1.32 bits per heavy atom. The van der Waals surface area contributed by atoms with E-state index in [1.165, 1.54) is 6.07 Å². The van der Waals surface area contributed by atoms with Gasteiger partial charge in [-0.25, -0.2) is 9.59 Å². The van der Waals surface area contributed by atoms with Crippen molar-refractivity contribution in [3.05, 3.63) is 45.8 Å². The highest BCUT2D eigenvalue weighted by atomic mass is 35.5. The number of fused-ring (bicyclic) bond motifs is 1. The van der Waals surface area contributed by atoms with E-state index >= 15 is 0 Å². The summed E-state index contributed by atoms with van der Waals surface area (Å²) in [5.41, 5.74) is 0.570. The fraction of sp³-hybridized carbons (Fsp3) is 0.375. The molecule has 1 N–H and O–H groups in total. The summed E-state index contributed by atoms with van der Waals surface area (Å²) in [6.07, 6.45) is 1.35. The first-order valence-electron chi connectivity index (χ1n) is 7.22. The third-order valence-electron chi connectivity index (χ3n) is 3.73. The number of piperidine rings is 1. The van der Waals surface area contributed by atoms with Gasteiger partial charge in [-0.05, 0) is 49.7 Å². The van der Waals surface area contributed by atoms with E-state index in [1.807, 2.05) is 0 Å². The number of benzene rings is 1. The number of ether oxygens (including phenoxy) is 1. The van der Waals surface area contributed by atoms with Crippen LogP contribution in [-0.2, 0) is 10.6 Å². The summed E-state index contributed by atoms with van der Waals surface area (Å²) in [5.74, 6) is -0.275. The predicted octanol–water partition coefficient (Wildman–Crippen LogP) is 2.44. The summed E-state index contributed by atoms with van der Waals surface area (Å²) < 4.78 is 10.6. The maximum Gasteiger partial charge on any atom is 0.351 e. The van der Waals surface area contributed by atoms with Crippen LogP contribution in [0.4, 0.5) is 0 Å². The molecule has 1 saturated heterocycles. The zero-order valence-electron chi connectivity index (χ0n) is 11.9. The average Bonchev–Trinajstić information content (AvgIpc) is 2.54. The van der Waals surface area contributed by atoms with E-state index in [2.05, 4.69) is 5.32 Å². The second kappa shape index (κ2) is 6.50. The topological polar surface area (TPSA) is 68.5 Å². The van der Waals surface area contributed by atoms with E-state index in [0.717, 1.165) is 31.5 Å². The first-order valence-corrected chi connectivity index (χ1v) is 7.75. The zero-order chi connectivity index (χ0) is 15.5. The first-order chi connectivity index (χ1) is 10.7. The SMILES string of the molecule is O=C(OC1CCNCC1)c1cc2cc(CCl)ccc2oc1=O. The van der Waals surface area contributed by atoms with Crippen molar-refractivity contribution >= 4 is 28.5 Å². The molecule has 2 heterocycles. The van der Waals surface area contributed by atoms with Gasteiger partial charge in [0.15, 0.2) is 0 Å². The van der Waals surface area contributed by atoms with Crippen molar-refractivity contribution in [2.45, 2.75) is 24.8 Å². The van der Waals surface area contributed by atoms with Gasteiger partial charge in [0.1, 0.15) is 17.3 Å². The molecule has 116 valence electrons. The fourth-order valence-corrected chi connectivity index (χ4v) is 2.69. The molecule has 0 spiro atoms. The number of carbonyl (C=O) groups is 1. The number of halogens is 1. The van der Waals surface area contributed by atoms with E-state index in [0.29, 0.717) is 16.8 Å². The van der Waals surface area contributed by atoms with Crippen LogP contribution in [0.2, 0.25) is 0 Å². The highest BCUT2D eigenvalue weighted by molar-refractivity contribution is 6.17. The Hall–Kier alpha value is -1.85. The van der Waals surface area contributed by atoms with Crippen molar-refractivity contribution < 1.29 is 13.9 Å². The zero-order valence-corrected chi connectivity index (χ0v) is 12.7. The lowest BCUT2D eigenvalue weighted by molar-refractivity contribution is 0.0225. The molecular formula is C16H16ClNO4. The molecule has 0 aliphatic carbocycles. The minimum Gasteiger partial charge on any atom is -0.458 e. The molecule has 0 unspecified atom stereocenters. The molecule has 0 atom stereocenters. The summed E-state index contributed by atoms with van der Waals surface area (Å²) in [5, 5.41) is 3.85. The lowest BCUT2D eigenvalue weighted by Gasteiger charge is -2.22. The maximum atomic E-state index is 12.2. The van der Waals surface area contributed by atoms with Crippen LogP contribution < -0.4 is 10.9 Å². The largest absolute Gasteiger partial charge is 0.458 e. The van der Waals surface area contributed by atoms with Gasteiger partial charge < -0.3 is 14.5 Å². The van der Waals surface area contributed by atoms with Gasteiger partial charge in [-0.15, -0.1) is 11.6 Å². The summed E-state index contributed by atoms with van der Waals surface area (Å²) >= 11 is 5.80. The average molecular weight is 322 g/mol. The van der Waals surface area contributed by atoms with Crippen LogP contribution in [-0.4, -0.2) is 25.2 Å². The van der Waals surface area contributed by atoms with Gasteiger partial charge in [0.2, 0.25) is 0 Å². The molecule has 1 aliphatic heterocycles. The van der Waals surface area contributed by atoms with Crippen LogP contribution in [0, 0.1) is 0 Å². The molecular weight excluding hydrogens is 306 g/mol. The van der Waals surface area contributed by atoms with E-state index in [1.54, 1.807) is 18.2 Å². The van der Waals surface area contributed by atoms with Crippen LogP contribution in [0.3, 0.4) is 0 Å². The van der Waals surface area contributed by atoms with Crippen molar-refractivity contribution in [2.75, 3.05) is 13.1 Å². The fourth-order valence-electron chi connectivity index (χ4n) is 2.53. The quantitative estimate of drug-likeness (QED) is 0.534. The maximum absolute atomic E-state index is 12.2. The van der Waals surface area contributed by atoms with Crippen molar-refractivity contribution in [1.82, 2.24) is 5.32 Å². The first kappa shape index (κ1) is 15.1. The van der Waals surface area contributed by atoms with Crippen LogP contribution in [0.25, 0.3) is 11.0 Å². The van der Waals surface area contributed by atoms with Crippen LogP contribution in [0.15, 0.2) is 33.5 Å². The number of esters is 1. The molecule has 22 heavy (non-hydrogen) atoms. The molecule has 1 aromatic heterocycles. The number of hydrogen-bond donors (Lipinski definition) is 1. The Morgan fingerprint density at radius 2 is 2.09 bits per heavy atom. The summed E-state index contributed by atoms with van der Waals surface area (Å²) in [7, 11) is 0. The molecule has 3 rings (SSSR count). The highest BCUT2D eigenvalue weighted by Gasteiger charge is 2.21. The predicted molar refractivity (Wildman–Crippen MR) is 83.3 cm³/mol. The second-order valence-electron chi connectivity index (χ2n) is 5.31. The number of carbonyl (C=O) groups excluding carboxylic acids is 1. The standard InChI is InChI=1S/C16H16ClNO4/c17-9-10-1-2-14-11(7-10)8-13(16(20)22-14)15(19)21-12-3-5-18-6-4-12/h1-2,7-8,12,18H,3-6,9H2. The van der Waals surface area contributed by atoms with Crippen LogP contribution in [0.5, 0.6) is 0 Å². The van der Waals surface area contributed by atoms with Crippen molar-refractivity contribution in [3.63, 3.8) is 0 Å². The lowest BCUT2D eigenvalue weighted by atomic mass is 10.1. The number of nitrogens with one attached hydrogen (secondary N) is 1. The summed E-state index contributed by atoms with van der Waals surface area (Å²) in [4.78, 5) is 24.2. The summed E-state index contributed by atoms with van der Waals surface area (Å²) in [6.45, 7) is 1.62. The van der Waals surface area contributed by atoms with Gasteiger partial charge in [-0.3, -0.25) is 0 Å². The third-order valence-corrected chi connectivity index (χ3v) is 4.04. The Labute approximate surface area is 132 Å². The molecule has 0 saturated carbocycles. The minimum atomic E-state index is -0.676. The Morgan fingerprint density at radius 3 is 2.82 bits per heavy atom. The third kappa shape index (κ3) is 3.15. The van der Waals surface area contributed by atoms with Gasteiger partial charge in [-0.2, -0.15) is 0 Å². The molecule has 5 nitrogen and oxygen atoms in total. The molecule has 2 aromatic rings. The van der Waals surface area contributed by atoms with Gasteiger partial charge >= 0.3 is 11.6 Å². The van der Waals surface area contributed by atoms with E-state index < -0.39 is 11.6 Å². The number of rotatable bonds is 3. The van der Waals surface area contributed by atoms with Gasteiger partial charge in [0, 0.05) is 11.3 Å². The molecule has 0 amide bonds. The number of alkyl halides is 1.